The van der Waals surface area contributed by atoms with E-state index < -0.39 is 0 Å². The second-order valence-electron chi connectivity index (χ2n) is 3.63. The van der Waals surface area contributed by atoms with Crippen LogP contribution in [0.1, 0.15) is 30.1 Å². The van der Waals surface area contributed by atoms with Crippen molar-refractivity contribution in [2.45, 2.75) is 24.7 Å². The Labute approximate surface area is 101 Å². The van der Waals surface area contributed by atoms with Crippen LogP contribution in [0.4, 0.5) is 0 Å². The summed E-state index contributed by atoms with van der Waals surface area (Å²) in [6.07, 6.45) is 2.23. The van der Waals surface area contributed by atoms with Crippen molar-refractivity contribution in [3.63, 3.8) is 0 Å². The van der Waals surface area contributed by atoms with Crippen LogP contribution in [0, 0.1) is 0 Å². The molecule has 0 amide bonds. The molecule has 0 spiro atoms. The maximum absolute atomic E-state index is 11.2. The fraction of sp³-hybridized carbons (Fsp3) is 0.462. The predicted molar refractivity (Wildman–Crippen MR) is 68.3 cm³/mol. The molecule has 1 aromatic carbocycles. The van der Waals surface area contributed by atoms with Gasteiger partial charge in [0.05, 0.1) is 0 Å². The summed E-state index contributed by atoms with van der Waals surface area (Å²) in [6, 6.07) is 7.81. The first-order valence-corrected chi connectivity index (χ1v) is 6.45. The molecular formula is C13H18O2S. The Hall–Kier alpha value is -0.800. The van der Waals surface area contributed by atoms with Gasteiger partial charge in [0.1, 0.15) is 0 Å². The first-order valence-electron chi connectivity index (χ1n) is 5.47. The molecule has 3 heteroatoms. The van der Waals surface area contributed by atoms with Crippen LogP contribution in [-0.4, -0.2) is 25.3 Å². The van der Waals surface area contributed by atoms with Gasteiger partial charge in [-0.3, -0.25) is 4.79 Å². The van der Waals surface area contributed by atoms with Gasteiger partial charge in [-0.15, -0.1) is 11.8 Å². The number of hydrogen-bond acceptors (Lipinski definition) is 3. The minimum Gasteiger partial charge on any atom is -0.385 e. The quantitative estimate of drug-likeness (QED) is 0.414. The van der Waals surface area contributed by atoms with E-state index in [1.165, 1.54) is 4.90 Å². The van der Waals surface area contributed by atoms with E-state index in [-0.39, 0.29) is 5.78 Å². The van der Waals surface area contributed by atoms with Crippen LogP contribution in [0.25, 0.3) is 0 Å². The van der Waals surface area contributed by atoms with Crippen molar-refractivity contribution in [2.75, 3.05) is 19.5 Å². The zero-order chi connectivity index (χ0) is 11.8. The molecule has 0 aromatic heterocycles. The standard InChI is InChI=1S/C13H18O2S/c1-11(14)12-6-5-7-13(10-12)16-9-4-3-8-15-2/h5-7,10H,3-4,8-9H2,1-2H3. The summed E-state index contributed by atoms with van der Waals surface area (Å²) in [4.78, 5) is 12.4. The Bertz CT molecular complexity index is 336. The highest BCUT2D eigenvalue weighted by atomic mass is 32.2. The van der Waals surface area contributed by atoms with Gasteiger partial charge in [0.25, 0.3) is 0 Å². The van der Waals surface area contributed by atoms with Crippen molar-refractivity contribution in [2.24, 2.45) is 0 Å². The zero-order valence-corrected chi connectivity index (χ0v) is 10.7. The van der Waals surface area contributed by atoms with Crippen LogP contribution < -0.4 is 0 Å². The van der Waals surface area contributed by atoms with Crippen LogP contribution in [-0.2, 0) is 4.74 Å². The second kappa shape index (κ2) is 7.47. The molecule has 0 saturated carbocycles. The fourth-order valence-corrected chi connectivity index (χ4v) is 2.31. The molecule has 1 aromatic rings. The van der Waals surface area contributed by atoms with E-state index >= 15 is 0 Å². The van der Waals surface area contributed by atoms with E-state index in [2.05, 4.69) is 0 Å². The van der Waals surface area contributed by atoms with Gasteiger partial charge in [0.2, 0.25) is 0 Å². The third-order valence-corrected chi connectivity index (χ3v) is 3.33. The molecule has 0 saturated heterocycles. The minimum absolute atomic E-state index is 0.127. The minimum atomic E-state index is 0.127. The van der Waals surface area contributed by atoms with Crippen molar-refractivity contribution >= 4 is 17.5 Å². The Kier molecular flexibility index (Phi) is 6.19. The highest BCUT2D eigenvalue weighted by Gasteiger charge is 2.00. The van der Waals surface area contributed by atoms with Crippen LogP contribution in [0.2, 0.25) is 0 Å². The SMILES string of the molecule is COCCCCSc1cccc(C(C)=O)c1. The molecule has 88 valence electrons. The molecule has 0 aliphatic rings. The van der Waals surface area contributed by atoms with E-state index in [0.717, 1.165) is 30.8 Å². The maximum atomic E-state index is 11.2. The van der Waals surface area contributed by atoms with E-state index in [9.17, 15) is 4.79 Å². The number of carbonyl (C=O) groups is 1. The molecule has 0 aliphatic heterocycles. The molecule has 1 rings (SSSR count). The largest absolute Gasteiger partial charge is 0.385 e. The molecule has 0 atom stereocenters. The van der Waals surface area contributed by atoms with Crippen LogP contribution >= 0.6 is 11.8 Å². The number of benzene rings is 1. The molecule has 0 heterocycles. The molecule has 16 heavy (non-hydrogen) atoms. The molecule has 0 bridgehead atoms. The number of thioether (sulfide) groups is 1. The summed E-state index contributed by atoms with van der Waals surface area (Å²) in [5.74, 6) is 1.20. The summed E-state index contributed by atoms with van der Waals surface area (Å²) in [7, 11) is 1.73. The Morgan fingerprint density at radius 2 is 2.19 bits per heavy atom. The van der Waals surface area contributed by atoms with Gasteiger partial charge in [-0.1, -0.05) is 12.1 Å². The van der Waals surface area contributed by atoms with Gasteiger partial charge < -0.3 is 4.74 Å². The maximum Gasteiger partial charge on any atom is 0.159 e. The summed E-state index contributed by atoms with van der Waals surface area (Å²) in [5, 5.41) is 0. The molecule has 0 unspecified atom stereocenters. The normalized spacial score (nSPS) is 10.4. The van der Waals surface area contributed by atoms with Gasteiger partial charge >= 0.3 is 0 Å². The molecule has 0 fully saturated rings. The summed E-state index contributed by atoms with van der Waals surface area (Å²) >= 11 is 1.79. The van der Waals surface area contributed by atoms with E-state index in [1.807, 2.05) is 24.3 Å². The lowest BCUT2D eigenvalue weighted by atomic mass is 10.2. The first kappa shape index (κ1) is 13.3. The van der Waals surface area contributed by atoms with Crippen molar-refractivity contribution in [1.82, 2.24) is 0 Å². The van der Waals surface area contributed by atoms with E-state index in [0.29, 0.717) is 0 Å². The van der Waals surface area contributed by atoms with Crippen LogP contribution in [0.5, 0.6) is 0 Å². The Balaban J connectivity index is 2.36. The van der Waals surface area contributed by atoms with Gasteiger partial charge in [-0.25, -0.2) is 0 Å². The lowest BCUT2D eigenvalue weighted by Crippen LogP contribution is -1.92. The summed E-state index contributed by atoms with van der Waals surface area (Å²) < 4.78 is 4.99. The summed E-state index contributed by atoms with van der Waals surface area (Å²) in [6.45, 7) is 2.43. The number of carbonyl (C=O) groups excluding carboxylic acids is 1. The van der Waals surface area contributed by atoms with Crippen molar-refractivity contribution in [3.05, 3.63) is 29.8 Å². The van der Waals surface area contributed by atoms with Crippen LogP contribution in [0.15, 0.2) is 29.2 Å². The van der Waals surface area contributed by atoms with Crippen molar-refractivity contribution < 1.29 is 9.53 Å². The molecule has 0 aliphatic carbocycles. The number of ether oxygens (including phenoxy) is 1. The monoisotopic (exact) mass is 238 g/mol. The van der Waals surface area contributed by atoms with Crippen molar-refractivity contribution in [3.8, 4) is 0 Å². The Morgan fingerprint density at radius 1 is 1.38 bits per heavy atom. The highest BCUT2D eigenvalue weighted by Crippen LogP contribution is 2.20. The number of methoxy groups -OCH3 is 1. The van der Waals surface area contributed by atoms with Gasteiger partial charge in [0, 0.05) is 24.2 Å². The van der Waals surface area contributed by atoms with Crippen molar-refractivity contribution in [1.29, 1.82) is 0 Å². The number of unbranched alkanes of at least 4 members (excludes halogenated alkanes) is 1. The fourth-order valence-electron chi connectivity index (χ4n) is 1.34. The average Bonchev–Trinajstić information content (AvgIpc) is 2.29. The second-order valence-corrected chi connectivity index (χ2v) is 4.80. The summed E-state index contributed by atoms with van der Waals surface area (Å²) in [5.41, 5.74) is 0.793. The average molecular weight is 238 g/mol. The molecule has 0 radical (unpaired) electrons. The highest BCUT2D eigenvalue weighted by molar-refractivity contribution is 7.99. The van der Waals surface area contributed by atoms with Gasteiger partial charge in [-0.2, -0.15) is 0 Å². The lowest BCUT2D eigenvalue weighted by Gasteiger charge is -2.03. The number of ketones is 1. The number of rotatable bonds is 7. The smallest absolute Gasteiger partial charge is 0.159 e. The van der Waals surface area contributed by atoms with Gasteiger partial charge in [-0.05, 0) is 37.7 Å². The predicted octanol–water partition coefficient (Wildman–Crippen LogP) is 3.41. The third kappa shape index (κ3) is 4.81. The van der Waals surface area contributed by atoms with E-state index in [1.54, 1.807) is 25.8 Å². The number of Topliss-reactive ketones (excluding diaryl/α,β-unsaturated/α-hetero) is 1. The molecule has 2 nitrogen and oxygen atoms in total. The van der Waals surface area contributed by atoms with Crippen LogP contribution in [0.3, 0.4) is 0 Å². The molecule has 0 N–H and O–H groups in total. The topological polar surface area (TPSA) is 26.3 Å². The van der Waals surface area contributed by atoms with E-state index in [4.69, 9.17) is 4.74 Å². The number of hydrogen-bond donors (Lipinski definition) is 0. The molecular weight excluding hydrogens is 220 g/mol. The lowest BCUT2D eigenvalue weighted by molar-refractivity contribution is 0.101. The van der Waals surface area contributed by atoms with Gasteiger partial charge in [0.15, 0.2) is 5.78 Å². The third-order valence-electron chi connectivity index (χ3n) is 2.25. The zero-order valence-electron chi connectivity index (χ0n) is 9.86. The Morgan fingerprint density at radius 3 is 2.88 bits per heavy atom. The first-order chi connectivity index (χ1) is 7.74.